The molecule has 0 radical (unpaired) electrons. The number of amides is 1. The average molecular weight is 437 g/mol. The van der Waals surface area contributed by atoms with E-state index in [2.05, 4.69) is 25.4 Å². The van der Waals surface area contributed by atoms with Gasteiger partial charge in [-0.25, -0.2) is 18.9 Å². The number of aromatic amines is 1. The van der Waals surface area contributed by atoms with E-state index >= 15 is 0 Å². The van der Waals surface area contributed by atoms with E-state index in [4.69, 9.17) is 16.3 Å². The number of hydrogen-bond donors (Lipinski definition) is 2. The van der Waals surface area contributed by atoms with Crippen LogP contribution in [0.1, 0.15) is 10.5 Å². The molecule has 2 N–H and O–H groups in total. The molecule has 10 heteroatoms. The van der Waals surface area contributed by atoms with Gasteiger partial charge in [0.25, 0.3) is 5.91 Å². The molecular weight excluding hydrogens is 423 g/mol. The summed E-state index contributed by atoms with van der Waals surface area (Å²) in [5.74, 6) is -0.193. The van der Waals surface area contributed by atoms with Crippen molar-refractivity contribution < 1.29 is 13.9 Å². The molecule has 0 saturated heterocycles. The van der Waals surface area contributed by atoms with Crippen molar-refractivity contribution in [2.75, 3.05) is 12.4 Å². The predicted molar refractivity (Wildman–Crippen MR) is 114 cm³/mol. The lowest BCUT2D eigenvalue weighted by Gasteiger charge is -2.03. The minimum Gasteiger partial charge on any atom is -0.480 e. The number of nitrogens with zero attached hydrogens (tertiary/aromatic N) is 4. The molecule has 0 bridgehead atoms. The number of methoxy groups -OCH3 is 1. The number of carbonyl (C=O) groups is 1. The first kappa shape index (κ1) is 19.0. The van der Waals surface area contributed by atoms with Crippen LogP contribution in [-0.4, -0.2) is 37.6 Å². The molecule has 2 aromatic carbocycles. The van der Waals surface area contributed by atoms with Crippen LogP contribution in [0.4, 0.5) is 10.3 Å². The second-order valence-corrected chi connectivity index (χ2v) is 7.17. The van der Waals surface area contributed by atoms with E-state index in [0.29, 0.717) is 33.1 Å². The maximum atomic E-state index is 13.7. The number of hydrogen-bond acceptors (Lipinski definition) is 5. The smallest absolute Gasteiger partial charge is 0.278 e. The molecule has 0 aliphatic heterocycles. The van der Waals surface area contributed by atoms with Gasteiger partial charge in [0, 0.05) is 11.1 Å². The van der Waals surface area contributed by atoms with Crippen molar-refractivity contribution in [1.29, 1.82) is 0 Å². The molecule has 154 valence electrons. The third-order valence-corrected chi connectivity index (χ3v) is 4.87. The first-order valence-electron chi connectivity index (χ1n) is 9.16. The summed E-state index contributed by atoms with van der Waals surface area (Å²) in [5, 5.41) is 7.19. The molecule has 0 fully saturated rings. The number of anilines is 1. The normalized spacial score (nSPS) is 11.2. The van der Waals surface area contributed by atoms with Crippen molar-refractivity contribution in [1.82, 2.24) is 24.6 Å². The summed E-state index contributed by atoms with van der Waals surface area (Å²) < 4.78 is 20.2. The SMILES string of the molecule is COc1ccc2nc(C(=O)Nc3nc4ccc(-c5cc(F)cc(Cl)c5)cc4[nH]3)cn2n1. The highest BCUT2D eigenvalue weighted by molar-refractivity contribution is 6.30. The molecule has 3 aromatic heterocycles. The van der Waals surface area contributed by atoms with Gasteiger partial charge in [-0.05, 0) is 47.5 Å². The zero-order chi connectivity index (χ0) is 21.5. The first-order valence-corrected chi connectivity index (χ1v) is 9.54. The van der Waals surface area contributed by atoms with Gasteiger partial charge in [0.05, 0.1) is 24.3 Å². The minimum absolute atomic E-state index is 0.177. The topological polar surface area (TPSA) is 97.2 Å². The fourth-order valence-electron chi connectivity index (χ4n) is 3.22. The quantitative estimate of drug-likeness (QED) is 0.437. The van der Waals surface area contributed by atoms with Crippen molar-refractivity contribution in [3.8, 4) is 17.0 Å². The largest absolute Gasteiger partial charge is 0.480 e. The summed E-state index contributed by atoms with van der Waals surface area (Å²) in [4.78, 5) is 24.3. The Morgan fingerprint density at radius 1 is 1.13 bits per heavy atom. The van der Waals surface area contributed by atoms with E-state index in [1.807, 2.05) is 6.07 Å². The molecule has 0 aliphatic carbocycles. The van der Waals surface area contributed by atoms with Crippen LogP contribution in [0.3, 0.4) is 0 Å². The number of imidazole rings is 2. The number of nitrogens with one attached hydrogen (secondary N) is 2. The number of aromatic nitrogens is 5. The second kappa shape index (κ2) is 7.37. The Balaban J connectivity index is 1.42. The van der Waals surface area contributed by atoms with Crippen LogP contribution in [0.5, 0.6) is 5.88 Å². The molecule has 8 nitrogen and oxygen atoms in total. The summed E-state index contributed by atoms with van der Waals surface area (Å²) in [7, 11) is 1.51. The van der Waals surface area contributed by atoms with E-state index in [0.717, 1.165) is 5.56 Å². The van der Waals surface area contributed by atoms with E-state index < -0.39 is 11.7 Å². The van der Waals surface area contributed by atoms with Gasteiger partial charge in [-0.1, -0.05) is 17.7 Å². The van der Waals surface area contributed by atoms with Gasteiger partial charge in [0.1, 0.15) is 11.5 Å². The van der Waals surface area contributed by atoms with Gasteiger partial charge in [0.15, 0.2) is 5.65 Å². The standard InChI is InChI=1S/C21H14ClFN6O2/c1-31-19-5-4-18-24-17(10-29(18)28-19)20(30)27-21-25-15-3-2-11(8-16(15)26-21)12-6-13(22)9-14(23)7-12/h2-10H,1H3,(H2,25,26,27,30). The molecule has 5 aromatic rings. The van der Waals surface area contributed by atoms with Gasteiger partial charge >= 0.3 is 0 Å². The lowest BCUT2D eigenvalue weighted by atomic mass is 10.1. The van der Waals surface area contributed by atoms with Gasteiger partial charge in [-0.3, -0.25) is 10.1 Å². The highest BCUT2D eigenvalue weighted by Crippen LogP contribution is 2.27. The Hall–Kier alpha value is -3.98. The molecule has 3 heterocycles. The molecule has 1 amide bonds. The van der Waals surface area contributed by atoms with Crippen LogP contribution in [0.25, 0.3) is 27.8 Å². The number of halogens is 2. The molecule has 0 aliphatic rings. The number of fused-ring (bicyclic) bond motifs is 2. The van der Waals surface area contributed by atoms with E-state index in [9.17, 15) is 9.18 Å². The van der Waals surface area contributed by atoms with Crippen LogP contribution in [-0.2, 0) is 0 Å². The van der Waals surface area contributed by atoms with E-state index in [1.165, 1.54) is 30.0 Å². The molecule has 0 unspecified atom stereocenters. The van der Waals surface area contributed by atoms with Crippen LogP contribution < -0.4 is 10.1 Å². The molecular formula is C21H14ClFN6O2. The molecule has 5 rings (SSSR count). The molecule has 31 heavy (non-hydrogen) atoms. The van der Waals surface area contributed by atoms with Gasteiger partial charge in [-0.15, -0.1) is 5.10 Å². The Bertz CT molecular complexity index is 1440. The van der Waals surface area contributed by atoms with Crippen molar-refractivity contribution in [3.63, 3.8) is 0 Å². The Kier molecular flexibility index (Phi) is 4.52. The fraction of sp³-hybridized carbons (Fsp3) is 0.0476. The third kappa shape index (κ3) is 3.66. The van der Waals surface area contributed by atoms with E-state index in [1.54, 1.807) is 30.3 Å². The number of benzene rings is 2. The van der Waals surface area contributed by atoms with Crippen LogP contribution in [0, 0.1) is 5.82 Å². The van der Waals surface area contributed by atoms with Gasteiger partial charge in [0.2, 0.25) is 11.8 Å². The average Bonchev–Trinajstić information content (AvgIpc) is 3.35. The number of rotatable bonds is 4. The highest BCUT2D eigenvalue weighted by Gasteiger charge is 2.14. The Morgan fingerprint density at radius 2 is 2.00 bits per heavy atom. The Labute approximate surface area is 179 Å². The van der Waals surface area contributed by atoms with Crippen molar-refractivity contribution in [2.45, 2.75) is 0 Å². The van der Waals surface area contributed by atoms with Gasteiger partial charge in [-0.2, -0.15) is 0 Å². The number of carbonyl (C=O) groups excluding carboxylic acids is 1. The van der Waals surface area contributed by atoms with Crippen molar-refractivity contribution >= 4 is 40.1 Å². The minimum atomic E-state index is -0.444. The highest BCUT2D eigenvalue weighted by atomic mass is 35.5. The summed E-state index contributed by atoms with van der Waals surface area (Å²) in [6.07, 6.45) is 1.50. The number of ether oxygens (including phenoxy) is 1. The summed E-state index contributed by atoms with van der Waals surface area (Å²) in [6, 6.07) is 13.1. The second-order valence-electron chi connectivity index (χ2n) is 6.73. The van der Waals surface area contributed by atoms with Crippen molar-refractivity contribution in [3.05, 3.63) is 71.3 Å². The lowest BCUT2D eigenvalue weighted by molar-refractivity contribution is 0.102. The fourth-order valence-corrected chi connectivity index (χ4v) is 3.45. The zero-order valence-electron chi connectivity index (χ0n) is 16.1. The third-order valence-electron chi connectivity index (χ3n) is 4.65. The lowest BCUT2D eigenvalue weighted by Crippen LogP contribution is -2.13. The summed E-state index contributed by atoms with van der Waals surface area (Å²) in [5.41, 5.74) is 3.40. The van der Waals surface area contributed by atoms with Crippen LogP contribution >= 0.6 is 11.6 Å². The maximum absolute atomic E-state index is 13.7. The predicted octanol–water partition coefficient (Wildman–Crippen LogP) is 4.33. The number of H-pyrrole nitrogens is 1. The summed E-state index contributed by atoms with van der Waals surface area (Å²) >= 11 is 5.96. The Morgan fingerprint density at radius 3 is 2.81 bits per heavy atom. The maximum Gasteiger partial charge on any atom is 0.278 e. The molecule has 0 saturated carbocycles. The van der Waals surface area contributed by atoms with Crippen LogP contribution in [0.2, 0.25) is 5.02 Å². The summed E-state index contributed by atoms with van der Waals surface area (Å²) in [6.45, 7) is 0. The zero-order valence-corrected chi connectivity index (χ0v) is 16.8. The van der Waals surface area contributed by atoms with Crippen molar-refractivity contribution in [2.24, 2.45) is 0 Å². The van der Waals surface area contributed by atoms with Gasteiger partial charge < -0.3 is 9.72 Å². The monoisotopic (exact) mass is 436 g/mol. The van der Waals surface area contributed by atoms with Crippen LogP contribution in [0.15, 0.2) is 54.7 Å². The molecule has 0 atom stereocenters. The first-order chi connectivity index (χ1) is 15.0. The molecule has 0 spiro atoms. The van der Waals surface area contributed by atoms with E-state index in [-0.39, 0.29) is 11.6 Å².